The third kappa shape index (κ3) is 5.04. The van der Waals surface area contributed by atoms with Crippen LogP contribution in [0.25, 0.3) is 10.9 Å². The second kappa shape index (κ2) is 10.9. The second-order valence-corrected chi connectivity index (χ2v) is 10.0. The van der Waals surface area contributed by atoms with Crippen molar-refractivity contribution in [2.24, 2.45) is 18.9 Å². The van der Waals surface area contributed by atoms with E-state index in [9.17, 15) is 19.2 Å². The molecule has 196 valence electrons. The lowest BCUT2D eigenvalue weighted by atomic mass is 9.81. The number of nitrogens with zero attached hydrogens (tertiary/aromatic N) is 4. The number of carbonyl (C=O) groups excluding carboxylic acids is 2. The second-order valence-electron chi connectivity index (χ2n) is 10.0. The van der Waals surface area contributed by atoms with E-state index in [1.54, 1.807) is 37.3 Å². The Morgan fingerprint density at radius 1 is 1.06 bits per heavy atom. The molecule has 2 fully saturated rings. The van der Waals surface area contributed by atoms with Crippen LogP contribution < -0.4 is 16.0 Å². The van der Waals surface area contributed by atoms with Crippen molar-refractivity contribution in [3.05, 3.63) is 39.0 Å². The van der Waals surface area contributed by atoms with Crippen LogP contribution in [0.2, 0.25) is 0 Å². The van der Waals surface area contributed by atoms with Crippen molar-refractivity contribution in [2.45, 2.75) is 45.2 Å². The fourth-order valence-corrected chi connectivity index (χ4v) is 5.59. The lowest BCUT2D eigenvalue weighted by molar-refractivity contribution is -0.147. The molecule has 36 heavy (non-hydrogen) atoms. The molecule has 0 N–H and O–H groups in total. The molecule has 0 radical (unpaired) electrons. The molecule has 1 saturated carbocycles. The first-order chi connectivity index (χ1) is 17.2. The smallest absolute Gasteiger partial charge is 0.331 e. The van der Waals surface area contributed by atoms with Gasteiger partial charge in [-0.1, -0.05) is 0 Å². The van der Waals surface area contributed by atoms with Gasteiger partial charge in [0.05, 0.1) is 18.0 Å². The SMILES string of the molecule is COCC(=O)N1CCN(C(=O)[C@H]2CC[C@H](Cn3c(=O)c4cc(OC)ccc4n(C)c3=O)CC2)[C@H](C)C1. The highest BCUT2D eigenvalue weighted by atomic mass is 16.5. The highest BCUT2D eigenvalue weighted by Gasteiger charge is 2.35. The predicted molar refractivity (Wildman–Crippen MR) is 135 cm³/mol. The maximum absolute atomic E-state index is 13.3. The lowest BCUT2D eigenvalue weighted by Crippen LogP contribution is -2.57. The highest BCUT2D eigenvalue weighted by molar-refractivity contribution is 5.81. The Hall–Kier alpha value is -3.14. The standard InChI is InChI=1S/C26H36N4O6/c1-17-14-28(23(31)16-35-3)11-12-29(17)24(32)19-7-5-18(6-8-19)15-30-25(33)21-13-20(36-4)9-10-22(21)27(2)26(30)34/h9-10,13,17-19H,5-8,11-12,14-16H2,1-4H3/t17-,18-,19-/m1/s1. The van der Waals surface area contributed by atoms with Gasteiger partial charge in [-0.15, -0.1) is 0 Å². The van der Waals surface area contributed by atoms with E-state index in [4.69, 9.17) is 9.47 Å². The fourth-order valence-electron chi connectivity index (χ4n) is 5.59. The Labute approximate surface area is 210 Å². The molecule has 2 aliphatic rings. The van der Waals surface area contributed by atoms with E-state index in [1.165, 1.54) is 16.2 Å². The van der Waals surface area contributed by atoms with Gasteiger partial charge in [0.1, 0.15) is 12.4 Å². The molecule has 2 aromatic rings. The number of methoxy groups -OCH3 is 2. The quantitative estimate of drug-likeness (QED) is 0.591. The summed E-state index contributed by atoms with van der Waals surface area (Å²) in [6.45, 7) is 3.95. The monoisotopic (exact) mass is 500 g/mol. The van der Waals surface area contributed by atoms with Gasteiger partial charge in [-0.3, -0.25) is 23.5 Å². The van der Waals surface area contributed by atoms with E-state index in [2.05, 4.69) is 0 Å². The van der Waals surface area contributed by atoms with Crippen LogP contribution in [0, 0.1) is 11.8 Å². The molecular weight excluding hydrogens is 464 g/mol. The number of piperazine rings is 1. The number of fused-ring (bicyclic) bond motifs is 1. The summed E-state index contributed by atoms with van der Waals surface area (Å²) in [6.07, 6.45) is 3.02. The van der Waals surface area contributed by atoms with Gasteiger partial charge in [-0.05, 0) is 56.7 Å². The maximum Gasteiger partial charge on any atom is 0.331 e. The predicted octanol–water partition coefficient (Wildman–Crippen LogP) is 1.22. The van der Waals surface area contributed by atoms with Crippen molar-refractivity contribution in [2.75, 3.05) is 40.5 Å². The number of amides is 2. The zero-order valence-electron chi connectivity index (χ0n) is 21.6. The highest BCUT2D eigenvalue weighted by Crippen LogP contribution is 2.31. The summed E-state index contributed by atoms with van der Waals surface area (Å²) in [5, 5.41) is 0.456. The fraction of sp³-hybridized carbons (Fsp3) is 0.615. The molecule has 10 heteroatoms. The molecule has 1 saturated heterocycles. The number of ether oxygens (including phenoxy) is 2. The van der Waals surface area contributed by atoms with Crippen molar-refractivity contribution in [3.63, 3.8) is 0 Å². The minimum atomic E-state index is -0.328. The number of aromatic nitrogens is 2. The van der Waals surface area contributed by atoms with E-state index in [0.717, 1.165) is 25.7 Å². The van der Waals surface area contributed by atoms with Crippen molar-refractivity contribution < 1.29 is 19.1 Å². The zero-order valence-corrected chi connectivity index (χ0v) is 21.6. The summed E-state index contributed by atoms with van der Waals surface area (Å²) in [6, 6.07) is 5.10. The van der Waals surface area contributed by atoms with Crippen LogP contribution in [0.1, 0.15) is 32.6 Å². The molecule has 2 heterocycles. The number of aryl methyl sites for hydroxylation is 1. The molecule has 0 unspecified atom stereocenters. The summed E-state index contributed by atoms with van der Waals surface area (Å²) < 4.78 is 13.0. The van der Waals surface area contributed by atoms with Crippen molar-refractivity contribution in [1.29, 1.82) is 0 Å². The maximum atomic E-state index is 13.3. The topological polar surface area (TPSA) is 103 Å². The lowest BCUT2D eigenvalue weighted by Gasteiger charge is -2.42. The average molecular weight is 501 g/mol. The van der Waals surface area contributed by atoms with Gasteiger partial charge in [0, 0.05) is 52.3 Å². The number of benzene rings is 1. The summed E-state index contributed by atoms with van der Waals surface area (Å²) in [4.78, 5) is 55.2. The average Bonchev–Trinajstić information content (AvgIpc) is 2.89. The van der Waals surface area contributed by atoms with Crippen LogP contribution in [-0.4, -0.2) is 77.3 Å². The number of hydrogen-bond donors (Lipinski definition) is 0. The molecule has 1 atom stereocenters. The molecule has 0 spiro atoms. The van der Waals surface area contributed by atoms with Gasteiger partial charge in [0.2, 0.25) is 11.8 Å². The van der Waals surface area contributed by atoms with Gasteiger partial charge < -0.3 is 19.3 Å². The van der Waals surface area contributed by atoms with Crippen molar-refractivity contribution in [1.82, 2.24) is 18.9 Å². The third-order valence-electron chi connectivity index (χ3n) is 7.73. The molecule has 10 nitrogen and oxygen atoms in total. The molecule has 2 amide bonds. The van der Waals surface area contributed by atoms with Crippen LogP contribution in [0.5, 0.6) is 5.75 Å². The minimum absolute atomic E-state index is 0.0408. The Morgan fingerprint density at radius 3 is 2.42 bits per heavy atom. The Kier molecular flexibility index (Phi) is 7.82. The van der Waals surface area contributed by atoms with Crippen LogP contribution in [-0.2, 0) is 27.9 Å². The Bertz CT molecular complexity index is 1240. The number of rotatable bonds is 6. The first kappa shape index (κ1) is 25.9. The van der Waals surface area contributed by atoms with E-state index >= 15 is 0 Å². The summed E-state index contributed by atoms with van der Waals surface area (Å²) >= 11 is 0. The normalized spacial score (nSPS) is 22.6. The van der Waals surface area contributed by atoms with E-state index in [0.29, 0.717) is 42.8 Å². The van der Waals surface area contributed by atoms with Crippen LogP contribution >= 0.6 is 0 Å². The van der Waals surface area contributed by atoms with E-state index in [-0.39, 0.29) is 47.5 Å². The molecule has 1 aliphatic heterocycles. The molecule has 0 bridgehead atoms. The van der Waals surface area contributed by atoms with E-state index in [1.807, 2.05) is 11.8 Å². The zero-order chi connectivity index (χ0) is 26.0. The summed E-state index contributed by atoms with van der Waals surface area (Å²) in [5.41, 5.74) is -0.0556. The molecule has 4 rings (SSSR count). The van der Waals surface area contributed by atoms with Crippen molar-refractivity contribution in [3.8, 4) is 5.75 Å². The molecule has 1 aliphatic carbocycles. The summed E-state index contributed by atoms with van der Waals surface area (Å²) in [7, 11) is 4.72. The third-order valence-corrected chi connectivity index (χ3v) is 7.73. The molecule has 1 aromatic heterocycles. The van der Waals surface area contributed by atoms with Crippen LogP contribution in [0.15, 0.2) is 27.8 Å². The number of carbonyl (C=O) groups is 2. The van der Waals surface area contributed by atoms with Gasteiger partial charge in [-0.25, -0.2) is 4.79 Å². The minimum Gasteiger partial charge on any atom is -0.497 e. The van der Waals surface area contributed by atoms with Crippen LogP contribution in [0.3, 0.4) is 0 Å². The first-order valence-corrected chi connectivity index (χ1v) is 12.6. The van der Waals surface area contributed by atoms with Gasteiger partial charge in [-0.2, -0.15) is 0 Å². The Morgan fingerprint density at radius 2 is 1.78 bits per heavy atom. The van der Waals surface area contributed by atoms with Crippen molar-refractivity contribution >= 4 is 22.7 Å². The van der Waals surface area contributed by atoms with Crippen LogP contribution in [0.4, 0.5) is 0 Å². The Balaban J connectivity index is 1.40. The van der Waals surface area contributed by atoms with Gasteiger partial charge >= 0.3 is 5.69 Å². The summed E-state index contributed by atoms with van der Waals surface area (Å²) in [5.74, 6) is 0.756. The molecular formula is C26H36N4O6. The van der Waals surface area contributed by atoms with Gasteiger partial charge in [0.15, 0.2) is 0 Å². The number of hydrogen-bond acceptors (Lipinski definition) is 6. The first-order valence-electron chi connectivity index (χ1n) is 12.6. The molecule has 1 aromatic carbocycles. The largest absolute Gasteiger partial charge is 0.497 e. The van der Waals surface area contributed by atoms with E-state index < -0.39 is 0 Å². The van der Waals surface area contributed by atoms with Gasteiger partial charge in [0.25, 0.3) is 5.56 Å².